The summed E-state index contributed by atoms with van der Waals surface area (Å²) in [5.74, 6) is 1.58. The van der Waals surface area contributed by atoms with Gasteiger partial charge in [0.1, 0.15) is 12.0 Å². The molecule has 0 amide bonds. The predicted molar refractivity (Wildman–Crippen MR) is 226 cm³/mol. The molecule has 7 aromatic carbocycles. The molecular weight excluding hydrogens is 659 g/mol. The normalized spacial score (nSPS) is 15.9. The van der Waals surface area contributed by atoms with Crippen molar-refractivity contribution >= 4 is 66.1 Å². The van der Waals surface area contributed by atoms with Crippen molar-refractivity contribution in [3.05, 3.63) is 193 Å². The summed E-state index contributed by atoms with van der Waals surface area (Å²) in [6.07, 6.45) is 8.62. The Morgan fingerprint density at radius 2 is 1.15 bits per heavy atom. The van der Waals surface area contributed by atoms with E-state index in [4.69, 9.17) is 9.98 Å². The summed E-state index contributed by atoms with van der Waals surface area (Å²) in [5, 5.41) is 10.9. The van der Waals surface area contributed by atoms with Crippen molar-refractivity contribution in [1.82, 2.24) is 14.5 Å². The summed E-state index contributed by atoms with van der Waals surface area (Å²) in [4.78, 5) is 10.2. The third-order valence-corrected chi connectivity index (χ3v) is 10.9. The molecule has 2 aliphatic rings. The summed E-state index contributed by atoms with van der Waals surface area (Å²) in [6, 6.07) is 56.7. The monoisotopic (exact) mass is 693 g/mol. The van der Waals surface area contributed by atoms with Crippen molar-refractivity contribution in [2.75, 3.05) is 0 Å². The van der Waals surface area contributed by atoms with E-state index in [-0.39, 0.29) is 6.17 Å². The minimum atomic E-state index is -0.190. The minimum absolute atomic E-state index is 0.190. The summed E-state index contributed by atoms with van der Waals surface area (Å²) in [6.45, 7) is 0. The van der Waals surface area contributed by atoms with E-state index in [0.29, 0.717) is 0 Å². The Bertz CT molecular complexity index is 3070. The van der Waals surface area contributed by atoms with Crippen LogP contribution in [0.2, 0.25) is 0 Å². The first-order valence-electron chi connectivity index (χ1n) is 18.7. The fraction of sp³-hybridized carbons (Fsp3) is 0.0612. The van der Waals surface area contributed by atoms with Gasteiger partial charge in [0.2, 0.25) is 0 Å². The Morgan fingerprint density at radius 1 is 0.500 bits per heavy atom. The lowest BCUT2D eigenvalue weighted by Gasteiger charge is -2.25. The van der Waals surface area contributed by atoms with E-state index in [1.54, 1.807) is 0 Å². The first-order chi connectivity index (χ1) is 26.8. The quantitative estimate of drug-likeness (QED) is 0.192. The average Bonchev–Trinajstić information content (AvgIpc) is 3.75. The van der Waals surface area contributed by atoms with Crippen LogP contribution in [0.15, 0.2) is 192 Å². The zero-order valence-corrected chi connectivity index (χ0v) is 29.5. The lowest BCUT2D eigenvalue weighted by molar-refractivity contribution is 0.721. The maximum Gasteiger partial charge on any atom is 0.159 e. The molecule has 5 heteroatoms. The van der Waals surface area contributed by atoms with Gasteiger partial charge in [-0.3, -0.25) is 0 Å². The molecule has 9 aromatic rings. The fourth-order valence-electron chi connectivity index (χ4n) is 8.40. The van der Waals surface area contributed by atoms with E-state index in [2.05, 4.69) is 184 Å². The largest absolute Gasteiger partial charge is 0.344 e. The van der Waals surface area contributed by atoms with Crippen LogP contribution >= 0.6 is 0 Å². The Hall–Kier alpha value is -6.98. The second-order valence-electron chi connectivity index (χ2n) is 14.2. The fourth-order valence-corrected chi connectivity index (χ4v) is 8.40. The lowest BCUT2D eigenvalue weighted by Crippen LogP contribution is -2.40. The molecule has 3 heterocycles. The lowest BCUT2D eigenvalue weighted by atomic mass is 10.0. The molecule has 1 aliphatic heterocycles. The number of benzene rings is 7. The highest BCUT2D eigenvalue weighted by molar-refractivity contribution is 6.19. The first-order valence-corrected chi connectivity index (χ1v) is 18.7. The van der Waals surface area contributed by atoms with Gasteiger partial charge in [-0.15, -0.1) is 0 Å². The number of hydrogen-bond acceptors (Lipinski definition) is 3. The van der Waals surface area contributed by atoms with E-state index >= 15 is 0 Å². The molecule has 0 fully saturated rings. The summed E-state index contributed by atoms with van der Waals surface area (Å²) in [5.41, 5.74) is 10.3. The van der Waals surface area contributed by atoms with Gasteiger partial charge >= 0.3 is 0 Å². The predicted octanol–water partition coefficient (Wildman–Crippen LogP) is 11.4. The Morgan fingerprint density at radius 3 is 1.87 bits per heavy atom. The summed E-state index contributed by atoms with van der Waals surface area (Å²) < 4.78 is 4.82. The number of nitrogens with one attached hydrogen (secondary N) is 1. The van der Waals surface area contributed by atoms with Crippen LogP contribution < -0.4 is 5.32 Å². The summed E-state index contributed by atoms with van der Waals surface area (Å²) in [7, 11) is 0. The molecule has 1 N–H and O–H groups in total. The molecule has 0 radical (unpaired) electrons. The van der Waals surface area contributed by atoms with E-state index in [1.165, 1.54) is 49.2 Å². The van der Waals surface area contributed by atoms with Gasteiger partial charge < -0.3 is 14.5 Å². The van der Waals surface area contributed by atoms with Crippen LogP contribution in [0.25, 0.3) is 65.8 Å². The van der Waals surface area contributed by atoms with E-state index in [1.807, 2.05) is 6.07 Å². The minimum Gasteiger partial charge on any atom is -0.344 e. The van der Waals surface area contributed by atoms with Crippen LogP contribution in [0.1, 0.15) is 24.0 Å². The van der Waals surface area contributed by atoms with Crippen molar-refractivity contribution in [2.24, 2.45) is 9.98 Å². The van der Waals surface area contributed by atoms with Gasteiger partial charge in [0.05, 0.1) is 22.1 Å². The van der Waals surface area contributed by atoms with Crippen molar-refractivity contribution < 1.29 is 0 Å². The standard InChI is InChI=1S/C49H35N5/c1-4-14-32(15-5-1)47-50-48(33-16-6-2-7-17-33)52-49(51-47)36-25-24-35-29-38(27-26-34(35)28-36)54-44-23-13-11-21-40(44)42-30-41-39-20-10-12-22-43(39)53(45(41)31-46(42)54)37-18-8-3-9-19-37/h1,3-6,8-31,48H,2,7H2,(H,50,51,52). The van der Waals surface area contributed by atoms with E-state index in [0.717, 1.165) is 57.8 Å². The number of rotatable bonds is 5. The second-order valence-corrected chi connectivity index (χ2v) is 14.2. The molecule has 1 aliphatic carbocycles. The van der Waals surface area contributed by atoms with E-state index in [9.17, 15) is 0 Å². The van der Waals surface area contributed by atoms with Gasteiger partial charge in [0.15, 0.2) is 5.84 Å². The highest BCUT2D eigenvalue weighted by Gasteiger charge is 2.23. The topological polar surface area (TPSA) is 46.6 Å². The van der Waals surface area contributed by atoms with Gasteiger partial charge in [-0.05, 0) is 83.8 Å². The zero-order chi connectivity index (χ0) is 35.6. The smallest absolute Gasteiger partial charge is 0.159 e. The highest BCUT2D eigenvalue weighted by atomic mass is 15.2. The van der Waals surface area contributed by atoms with Crippen LogP contribution in [-0.4, -0.2) is 27.0 Å². The number of aliphatic imine (C=N–C) groups is 2. The van der Waals surface area contributed by atoms with E-state index < -0.39 is 0 Å². The average molecular weight is 694 g/mol. The molecule has 256 valence electrons. The molecule has 0 saturated heterocycles. The zero-order valence-electron chi connectivity index (χ0n) is 29.5. The van der Waals surface area contributed by atoms with Crippen molar-refractivity contribution in [3.63, 3.8) is 0 Å². The van der Waals surface area contributed by atoms with Gasteiger partial charge in [0.25, 0.3) is 0 Å². The molecular formula is C49H35N5. The number of amidine groups is 2. The molecule has 2 aromatic heterocycles. The van der Waals surface area contributed by atoms with Crippen LogP contribution in [0.5, 0.6) is 0 Å². The molecule has 0 spiro atoms. The highest BCUT2D eigenvalue weighted by Crippen LogP contribution is 2.40. The van der Waals surface area contributed by atoms with Crippen molar-refractivity contribution in [2.45, 2.75) is 19.0 Å². The molecule has 1 unspecified atom stereocenters. The van der Waals surface area contributed by atoms with Crippen molar-refractivity contribution in [1.29, 1.82) is 0 Å². The Kier molecular flexibility index (Phi) is 6.99. The number of allylic oxidation sites excluding steroid dienone is 2. The number of aromatic nitrogens is 2. The second kappa shape index (κ2) is 12.3. The Balaban J connectivity index is 1.06. The maximum absolute atomic E-state index is 5.15. The van der Waals surface area contributed by atoms with Crippen LogP contribution in [0.3, 0.4) is 0 Å². The van der Waals surface area contributed by atoms with Crippen LogP contribution in [0.4, 0.5) is 0 Å². The number of fused-ring (bicyclic) bond motifs is 7. The molecule has 11 rings (SSSR count). The number of nitrogens with zero attached hydrogens (tertiary/aromatic N) is 4. The summed E-state index contributed by atoms with van der Waals surface area (Å²) >= 11 is 0. The van der Waals surface area contributed by atoms with Crippen LogP contribution in [-0.2, 0) is 0 Å². The third kappa shape index (κ3) is 4.93. The van der Waals surface area contributed by atoms with Crippen molar-refractivity contribution in [3.8, 4) is 11.4 Å². The third-order valence-electron chi connectivity index (χ3n) is 10.9. The molecule has 54 heavy (non-hydrogen) atoms. The molecule has 0 bridgehead atoms. The SMILES string of the molecule is C1=CC(C2N=C(c3ccc4cc(-n5c6ccccc6c6cc7c8ccccc8n(-c8ccccc8)c7cc65)ccc4c3)N=C(c3ccccc3)N2)=CCC1. The van der Waals surface area contributed by atoms with Gasteiger partial charge in [-0.2, -0.15) is 0 Å². The molecule has 5 nitrogen and oxygen atoms in total. The Labute approximate surface area is 312 Å². The first kappa shape index (κ1) is 30.6. The van der Waals surface area contributed by atoms with Gasteiger partial charge in [-0.25, -0.2) is 9.98 Å². The van der Waals surface area contributed by atoms with Gasteiger partial charge in [0, 0.05) is 44.0 Å². The maximum atomic E-state index is 5.15. The van der Waals surface area contributed by atoms with Crippen LogP contribution in [0, 0.1) is 0 Å². The number of para-hydroxylation sites is 3. The number of hydrogen-bond donors (Lipinski definition) is 1. The molecule has 0 saturated carbocycles. The molecule has 1 atom stereocenters. The van der Waals surface area contributed by atoms with Gasteiger partial charge in [-0.1, -0.05) is 121 Å².